The first kappa shape index (κ1) is 23.0. The molecule has 2 aromatic rings. The maximum Gasteiger partial charge on any atom is 0.231 e. The maximum atomic E-state index is 5.58. The molecular weight excluding hydrogens is 362 g/mol. The summed E-state index contributed by atoms with van der Waals surface area (Å²) < 4.78 is 11.0. The molecule has 0 aliphatic carbocycles. The van der Waals surface area contributed by atoms with Gasteiger partial charge in [-0.25, -0.2) is 4.98 Å². The van der Waals surface area contributed by atoms with Gasteiger partial charge in [-0.1, -0.05) is 45.7 Å². The lowest BCUT2D eigenvalue weighted by Crippen LogP contribution is -2.25. The number of hydrogen-bond donors (Lipinski definition) is 1. The summed E-state index contributed by atoms with van der Waals surface area (Å²) in [7, 11) is 0. The fourth-order valence-electron chi connectivity index (χ4n) is 3.37. The summed E-state index contributed by atoms with van der Waals surface area (Å²) in [6.45, 7) is 12.6. The van der Waals surface area contributed by atoms with Crippen LogP contribution in [0.3, 0.4) is 0 Å². The quantitative estimate of drug-likeness (QED) is 0.527. The zero-order valence-corrected chi connectivity index (χ0v) is 18.5. The Balaban J connectivity index is 0.00000145. The Morgan fingerprint density at radius 1 is 1.10 bits per heavy atom. The van der Waals surface area contributed by atoms with Gasteiger partial charge in [0.2, 0.25) is 6.79 Å². The van der Waals surface area contributed by atoms with Crippen molar-refractivity contribution in [3.63, 3.8) is 0 Å². The normalized spacial score (nSPS) is 11.7. The van der Waals surface area contributed by atoms with Crippen LogP contribution in [0.15, 0.2) is 36.5 Å². The van der Waals surface area contributed by atoms with Gasteiger partial charge in [-0.05, 0) is 55.6 Å². The number of aromatic nitrogens is 1. The van der Waals surface area contributed by atoms with Gasteiger partial charge < -0.3 is 19.7 Å². The van der Waals surface area contributed by atoms with Gasteiger partial charge in [0, 0.05) is 25.8 Å². The molecule has 2 heterocycles. The zero-order valence-electron chi connectivity index (χ0n) is 18.5. The van der Waals surface area contributed by atoms with Crippen LogP contribution < -0.4 is 19.7 Å². The van der Waals surface area contributed by atoms with Crippen molar-refractivity contribution >= 4 is 5.82 Å². The van der Waals surface area contributed by atoms with Gasteiger partial charge in [-0.2, -0.15) is 0 Å². The summed E-state index contributed by atoms with van der Waals surface area (Å²) >= 11 is 0. The molecule has 0 saturated heterocycles. The number of hydrogen-bond acceptors (Lipinski definition) is 5. The van der Waals surface area contributed by atoms with E-state index in [1.807, 2.05) is 32.2 Å². The van der Waals surface area contributed by atoms with Crippen molar-refractivity contribution in [1.29, 1.82) is 0 Å². The topological polar surface area (TPSA) is 46.6 Å². The first-order chi connectivity index (χ1) is 14.3. The number of ether oxygens (including phenoxy) is 2. The number of fused-ring (bicyclic) bond motifs is 1. The van der Waals surface area contributed by atoms with Crippen LogP contribution >= 0.6 is 0 Å². The summed E-state index contributed by atoms with van der Waals surface area (Å²) in [6, 6.07) is 10.4. The van der Waals surface area contributed by atoms with Crippen molar-refractivity contribution in [2.45, 2.75) is 59.9 Å². The Bertz CT molecular complexity index is 721. The molecule has 1 aromatic carbocycles. The van der Waals surface area contributed by atoms with E-state index < -0.39 is 0 Å². The predicted octanol–water partition coefficient (Wildman–Crippen LogP) is 5.19. The number of benzene rings is 1. The van der Waals surface area contributed by atoms with E-state index in [1.54, 1.807) is 0 Å². The standard InChI is InChI=1S/C22H31N3O2.C2H6/c1-3-5-6-14-25(4-2)21-15-18(10-13-24-21)16-23-12-11-19-8-7-9-20-22(19)27-17-26-20;1-2/h7-10,13,15,23H,3-6,11-12,14,16-17H2,1-2H3;1-2H3. The fraction of sp³-hybridized carbons (Fsp3) is 0.542. The second-order valence-corrected chi connectivity index (χ2v) is 6.89. The molecule has 1 N–H and O–H groups in total. The second kappa shape index (κ2) is 13.0. The van der Waals surface area contributed by atoms with Crippen molar-refractivity contribution in [2.24, 2.45) is 0 Å². The Morgan fingerprint density at radius 2 is 1.97 bits per heavy atom. The maximum absolute atomic E-state index is 5.58. The highest BCUT2D eigenvalue weighted by molar-refractivity contribution is 5.48. The van der Waals surface area contributed by atoms with E-state index in [2.05, 4.69) is 47.2 Å². The smallest absolute Gasteiger partial charge is 0.231 e. The van der Waals surface area contributed by atoms with Crippen LogP contribution in [0.25, 0.3) is 0 Å². The average molecular weight is 400 g/mol. The lowest BCUT2D eigenvalue weighted by Gasteiger charge is -2.22. The van der Waals surface area contributed by atoms with Crippen molar-refractivity contribution in [1.82, 2.24) is 10.3 Å². The van der Waals surface area contributed by atoms with E-state index in [-0.39, 0.29) is 0 Å². The Hall–Kier alpha value is -2.27. The molecule has 0 spiro atoms. The number of para-hydroxylation sites is 1. The van der Waals surface area contributed by atoms with E-state index in [0.717, 1.165) is 49.9 Å². The Morgan fingerprint density at radius 3 is 2.76 bits per heavy atom. The van der Waals surface area contributed by atoms with E-state index in [0.29, 0.717) is 6.79 Å². The molecule has 1 aliphatic rings. The van der Waals surface area contributed by atoms with Crippen LogP contribution in [0.5, 0.6) is 11.5 Å². The molecule has 3 rings (SSSR count). The third-order valence-electron chi connectivity index (χ3n) is 4.93. The van der Waals surface area contributed by atoms with Gasteiger partial charge in [0.15, 0.2) is 11.5 Å². The highest BCUT2D eigenvalue weighted by atomic mass is 16.7. The van der Waals surface area contributed by atoms with Crippen LogP contribution in [-0.4, -0.2) is 31.4 Å². The largest absolute Gasteiger partial charge is 0.454 e. The predicted molar refractivity (Wildman–Crippen MR) is 121 cm³/mol. The highest BCUT2D eigenvalue weighted by Crippen LogP contribution is 2.35. The molecule has 0 saturated carbocycles. The number of nitrogens with one attached hydrogen (secondary N) is 1. The molecule has 1 aliphatic heterocycles. The molecule has 0 atom stereocenters. The van der Waals surface area contributed by atoms with Crippen LogP contribution in [0.2, 0.25) is 0 Å². The lowest BCUT2D eigenvalue weighted by atomic mass is 10.1. The van der Waals surface area contributed by atoms with Crippen LogP contribution in [-0.2, 0) is 13.0 Å². The minimum atomic E-state index is 0.325. The summed E-state index contributed by atoms with van der Waals surface area (Å²) in [6.07, 6.45) is 6.58. The third-order valence-corrected chi connectivity index (χ3v) is 4.93. The number of rotatable bonds is 11. The summed E-state index contributed by atoms with van der Waals surface area (Å²) in [4.78, 5) is 6.94. The van der Waals surface area contributed by atoms with E-state index in [1.165, 1.54) is 30.4 Å². The summed E-state index contributed by atoms with van der Waals surface area (Å²) in [5.74, 6) is 2.84. The zero-order chi connectivity index (χ0) is 20.9. The second-order valence-electron chi connectivity index (χ2n) is 6.89. The minimum Gasteiger partial charge on any atom is -0.454 e. The van der Waals surface area contributed by atoms with Gasteiger partial charge >= 0.3 is 0 Å². The average Bonchev–Trinajstić information content (AvgIpc) is 3.26. The molecule has 0 radical (unpaired) electrons. The first-order valence-electron chi connectivity index (χ1n) is 11.1. The molecule has 0 bridgehead atoms. The Labute approximate surface area is 176 Å². The fourth-order valence-corrected chi connectivity index (χ4v) is 3.37. The van der Waals surface area contributed by atoms with Crippen molar-refractivity contribution in [3.05, 3.63) is 47.7 Å². The number of anilines is 1. The van der Waals surface area contributed by atoms with Gasteiger partial charge in [-0.15, -0.1) is 0 Å². The molecule has 0 amide bonds. The van der Waals surface area contributed by atoms with Gasteiger partial charge in [-0.3, -0.25) is 0 Å². The monoisotopic (exact) mass is 399 g/mol. The van der Waals surface area contributed by atoms with Crippen LogP contribution in [0.4, 0.5) is 5.82 Å². The number of nitrogens with zero attached hydrogens (tertiary/aromatic N) is 2. The van der Waals surface area contributed by atoms with E-state index in [9.17, 15) is 0 Å². The molecule has 1 aromatic heterocycles. The Kier molecular flexibility index (Phi) is 10.4. The van der Waals surface area contributed by atoms with E-state index in [4.69, 9.17) is 9.47 Å². The third kappa shape index (κ3) is 6.93. The highest BCUT2D eigenvalue weighted by Gasteiger charge is 2.16. The lowest BCUT2D eigenvalue weighted by molar-refractivity contribution is 0.173. The molecule has 0 unspecified atom stereocenters. The number of pyridine rings is 1. The molecule has 0 fully saturated rings. The van der Waals surface area contributed by atoms with Gasteiger partial charge in [0.05, 0.1) is 0 Å². The van der Waals surface area contributed by atoms with Crippen LogP contribution in [0, 0.1) is 0 Å². The van der Waals surface area contributed by atoms with Crippen molar-refractivity contribution in [2.75, 3.05) is 31.3 Å². The first-order valence-corrected chi connectivity index (χ1v) is 11.1. The molecular formula is C24H37N3O2. The summed E-state index contributed by atoms with van der Waals surface area (Å²) in [5, 5.41) is 3.54. The van der Waals surface area contributed by atoms with Crippen LogP contribution in [0.1, 0.15) is 58.1 Å². The molecule has 160 valence electrons. The number of unbranched alkanes of at least 4 members (excludes halogenated alkanes) is 2. The van der Waals surface area contributed by atoms with Crippen molar-refractivity contribution in [3.8, 4) is 11.5 Å². The summed E-state index contributed by atoms with van der Waals surface area (Å²) in [5.41, 5.74) is 2.47. The minimum absolute atomic E-state index is 0.325. The van der Waals surface area contributed by atoms with Gasteiger partial charge in [0.1, 0.15) is 5.82 Å². The van der Waals surface area contributed by atoms with Gasteiger partial charge in [0.25, 0.3) is 0 Å². The molecule has 29 heavy (non-hydrogen) atoms. The SMILES string of the molecule is CC.CCCCCN(CC)c1cc(CNCCc2cccc3c2OCO3)ccn1. The van der Waals surface area contributed by atoms with Crippen molar-refractivity contribution < 1.29 is 9.47 Å². The molecule has 5 nitrogen and oxygen atoms in total. The van der Waals surface area contributed by atoms with E-state index >= 15 is 0 Å². The molecule has 5 heteroatoms.